The first-order chi connectivity index (χ1) is 8.41. The molecule has 5 nitrogen and oxygen atoms in total. The molecule has 1 amide bonds. The largest absolute Gasteiger partial charge is 0.480 e. The molecule has 5 heteroatoms. The molecule has 3 N–H and O–H groups in total. The van der Waals surface area contributed by atoms with E-state index in [4.69, 9.17) is 5.73 Å². The number of nitrogens with two attached hydrogens (primary N) is 1. The van der Waals surface area contributed by atoms with E-state index in [1.54, 1.807) is 0 Å². The maximum Gasteiger partial charge on any atom is 0.326 e. The Morgan fingerprint density at radius 1 is 1.44 bits per heavy atom. The van der Waals surface area contributed by atoms with Gasteiger partial charge in [0.1, 0.15) is 6.04 Å². The molecule has 2 aliphatic rings. The summed E-state index contributed by atoms with van der Waals surface area (Å²) in [7, 11) is 0. The third kappa shape index (κ3) is 2.66. The Kier molecular flexibility index (Phi) is 3.61. The summed E-state index contributed by atoms with van der Waals surface area (Å²) >= 11 is 0. The molecule has 0 radical (unpaired) electrons. The third-order valence-corrected chi connectivity index (χ3v) is 4.32. The van der Waals surface area contributed by atoms with Gasteiger partial charge in [-0.1, -0.05) is 6.92 Å². The summed E-state index contributed by atoms with van der Waals surface area (Å²) in [6.07, 6.45) is 4.56. The highest BCUT2D eigenvalue weighted by Gasteiger charge is 2.40. The smallest absolute Gasteiger partial charge is 0.326 e. The topological polar surface area (TPSA) is 83.6 Å². The first kappa shape index (κ1) is 13.3. The van der Waals surface area contributed by atoms with Crippen LogP contribution in [0.15, 0.2) is 0 Å². The van der Waals surface area contributed by atoms with Gasteiger partial charge >= 0.3 is 5.97 Å². The minimum absolute atomic E-state index is 0.0866. The minimum Gasteiger partial charge on any atom is -0.480 e. The number of carbonyl (C=O) groups excluding carboxylic acids is 1. The molecule has 2 unspecified atom stereocenters. The molecule has 0 aromatic rings. The molecule has 102 valence electrons. The molecule has 0 bridgehead atoms. The maximum absolute atomic E-state index is 12.2. The fraction of sp³-hybridized carbons (Fsp3) is 0.846. The van der Waals surface area contributed by atoms with Gasteiger partial charge in [-0.05, 0) is 38.0 Å². The van der Waals surface area contributed by atoms with Crippen LogP contribution in [-0.4, -0.2) is 40.0 Å². The number of likely N-dealkylation sites (tertiary alicyclic amines) is 1. The number of piperidine rings is 1. The van der Waals surface area contributed by atoms with Gasteiger partial charge in [-0.15, -0.1) is 0 Å². The number of carboxylic acids is 1. The second-order valence-corrected chi connectivity index (χ2v) is 5.96. The number of aliphatic carboxylic acids is 1. The lowest BCUT2D eigenvalue weighted by atomic mass is 9.75. The van der Waals surface area contributed by atoms with Crippen molar-refractivity contribution in [1.29, 1.82) is 0 Å². The van der Waals surface area contributed by atoms with E-state index in [2.05, 4.69) is 0 Å². The summed E-state index contributed by atoms with van der Waals surface area (Å²) in [5.74, 6) is -0.614. The fourth-order valence-electron chi connectivity index (χ4n) is 2.88. The summed E-state index contributed by atoms with van der Waals surface area (Å²) < 4.78 is 0. The zero-order chi connectivity index (χ0) is 13.3. The summed E-state index contributed by atoms with van der Waals surface area (Å²) in [6.45, 7) is 2.58. The molecule has 1 aliphatic heterocycles. The van der Waals surface area contributed by atoms with Crippen molar-refractivity contribution in [3.63, 3.8) is 0 Å². The van der Waals surface area contributed by atoms with Gasteiger partial charge in [0.05, 0.1) is 0 Å². The van der Waals surface area contributed by atoms with Gasteiger partial charge in [0, 0.05) is 18.5 Å². The van der Waals surface area contributed by atoms with E-state index in [1.807, 2.05) is 6.92 Å². The highest BCUT2D eigenvalue weighted by Crippen LogP contribution is 2.33. The van der Waals surface area contributed by atoms with E-state index in [1.165, 1.54) is 4.90 Å². The highest BCUT2D eigenvalue weighted by molar-refractivity contribution is 5.84. The number of nitrogens with zero attached hydrogens (tertiary/aromatic N) is 1. The van der Waals surface area contributed by atoms with Crippen LogP contribution < -0.4 is 5.73 Å². The number of amides is 1. The number of hydrogen-bond donors (Lipinski definition) is 2. The first-order valence-corrected chi connectivity index (χ1v) is 6.72. The third-order valence-electron chi connectivity index (χ3n) is 4.32. The highest BCUT2D eigenvalue weighted by atomic mass is 16.4. The Morgan fingerprint density at radius 2 is 2.11 bits per heavy atom. The maximum atomic E-state index is 12.2. The van der Waals surface area contributed by atoms with Gasteiger partial charge in [-0.3, -0.25) is 4.79 Å². The Balaban J connectivity index is 2.00. The van der Waals surface area contributed by atoms with Gasteiger partial charge < -0.3 is 15.7 Å². The Labute approximate surface area is 107 Å². The van der Waals surface area contributed by atoms with E-state index in [0.29, 0.717) is 25.3 Å². The van der Waals surface area contributed by atoms with Crippen LogP contribution in [0.3, 0.4) is 0 Å². The average Bonchev–Trinajstić information content (AvgIpc) is 2.26. The van der Waals surface area contributed by atoms with Crippen molar-refractivity contribution in [2.24, 2.45) is 11.7 Å². The summed E-state index contributed by atoms with van der Waals surface area (Å²) in [6, 6.07) is -0.662. The van der Waals surface area contributed by atoms with E-state index < -0.39 is 12.0 Å². The molecule has 0 aromatic carbocycles. The number of carboxylic acid groups (broad SMARTS) is 1. The van der Waals surface area contributed by atoms with Crippen LogP contribution in [0.4, 0.5) is 0 Å². The summed E-state index contributed by atoms with van der Waals surface area (Å²) in [4.78, 5) is 25.0. The van der Waals surface area contributed by atoms with Gasteiger partial charge in [0.2, 0.25) is 5.91 Å². The Hall–Kier alpha value is -1.10. The van der Waals surface area contributed by atoms with Crippen molar-refractivity contribution in [1.82, 2.24) is 4.90 Å². The molecule has 0 spiro atoms. The van der Waals surface area contributed by atoms with Crippen LogP contribution >= 0.6 is 0 Å². The van der Waals surface area contributed by atoms with Crippen LogP contribution in [0.2, 0.25) is 0 Å². The predicted molar refractivity (Wildman–Crippen MR) is 66.9 cm³/mol. The Bertz CT molecular complexity index is 352. The van der Waals surface area contributed by atoms with Gasteiger partial charge in [0.15, 0.2) is 0 Å². The molecule has 1 heterocycles. The lowest BCUT2D eigenvalue weighted by Gasteiger charge is -2.41. The van der Waals surface area contributed by atoms with E-state index in [0.717, 1.165) is 25.7 Å². The second kappa shape index (κ2) is 4.88. The van der Waals surface area contributed by atoms with E-state index in [9.17, 15) is 14.7 Å². The molecule has 1 saturated carbocycles. The minimum atomic E-state index is -0.894. The SMILES string of the molecule is CC1CCN(C(=O)CC2(N)CCC2)C(C(=O)O)C1. The molecular weight excluding hydrogens is 232 g/mol. The van der Waals surface area contributed by atoms with Gasteiger partial charge in [0.25, 0.3) is 0 Å². The van der Waals surface area contributed by atoms with Crippen LogP contribution in [-0.2, 0) is 9.59 Å². The van der Waals surface area contributed by atoms with Crippen molar-refractivity contribution < 1.29 is 14.7 Å². The van der Waals surface area contributed by atoms with Crippen molar-refractivity contribution in [3.05, 3.63) is 0 Å². The lowest BCUT2D eigenvalue weighted by Crippen LogP contribution is -2.55. The van der Waals surface area contributed by atoms with Gasteiger partial charge in [-0.2, -0.15) is 0 Å². The molecule has 1 saturated heterocycles. The van der Waals surface area contributed by atoms with Crippen molar-refractivity contribution in [3.8, 4) is 0 Å². The van der Waals surface area contributed by atoms with Crippen molar-refractivity contribution >= 4 is 11.9 Å². The summed E-state index contributed by atoms with van der Waals surface area (Å²) in [5, 5.41) is 9.22. The quantitative estimate of drug-likeness (QED) is 0.786. The molecular formula is C13H22N2O3. The van der Waals surface area contributed by atoms with Crippen LogP contribution in [0, 0.1) is 5.92 Å². The normalized spacial score (nSPS) is 30.7. The van der Waals surface area contributed by atoms with Crippen LogP contribution in [0.5, 0.6) is 0 Å². The first-order valence-electron chi connectivity index (χ1n) is 6.72. The molecule has 2 atom stereocenters. The number of hydrogen-bond acceptors (Lipinski definition) is 3. The predicted octanol–water partition coefficient (Wildman–Crippen LogP) is 0.970. The molecule has 18 heavy (non-hydrogen) atoms. The zero-order valence-corrected chi connectivity index (χ0v) is 10.9. The van der Waals surface area contributed by atoms with Crippen molar-refractivity contribution in [2.75, 3.05) is 6.54 Å². The standard InChI is InChI=1S/C13H22N2O3/c1-9-3-6-15(10(7-9)12(17)18)11(16)8-13(14)4-2-5-13/h9-10H,2-8,14H2,1H3,(H,17,18). The number of carbonyl (C=O) groups is 2. The molecule has 0 aromatic heterocycles. The second-order valence-electron chi connectivity index (χ2n) is 5.96. The monoisotopic (exact) mass is 254 g/mol. The van der Waals surface area contributed by atoms with E-state index in [-0.39, 0.29) is 11.4 Å². The molecule has 1 aliphatic carbocycles. The fourth-order valence-corrected chi connectivity index (χ4v) is 2.88. The molecule has 2 fully saturated rings. The summed E-state index contributed by atoms with van der Waals surface area (Å²) in [5.41, 5.74) is 5.69. The zero-order valence-electron chi connectivity index (χ0n) is 10.9. The van der Waals surface area contributed by atoms with Gasteiger partial charge in [-0.25, -0.2) is 4.79 Å². The molecule has 2 rings (SSSR count). The van der Waals surface area contributed by atoms with Crippen LogP contribution in [0.25, 0.3) is 0 Å². The average molecular weight is 254 g/mol. The van der Waals surface area contributed by atoms with E-state index >= 15 is 0 Å². The van der Waals surface area contributed by atoms with Crippen molar-refractivity contribution in [2.45, 2.75) is 57.0 Å². The Morgan fingerprint density at radius 3 is 2.61 bits per heavy atom. The van der Waals surface area contributed by atoms with Crippen LogP contribution in [0.1, 0.15) is 45.4 Å². The lowest BCUT2D eigenvalue weighted by molar-refractivity contribution is -0.153. The number of rotatable bonds is 3.